The summed E-state index contributed by atoms with van der Waals surface area (Å²) < 4.78 is 2.04. The molecule has 0 aliphatic heterocycles. The Labute approximate surface area is 110 Å². The number of benzene rings is 1. The van der Waals surface area contributed by atoms with Gasteiger partial charge < -0.3 is 5.73 Å². The minimum absolute atomic E-state index is 0.517. The van der Waals surface area contributed by atoms with Gasteiger partial charge in [0.25, 0.3) is 0 Å². The highest BCUT2D eigenvalue weighted by atomic mass is 35.5. The number of hydrogen-bond acceptors (Lipinski definition) is 2. The number of fused-ring (bicyclic) bond motifs is 1. The molecule has 0 saturated heterocycles. The van der Waals surface area contributed by atoms with Crippen molar-refractivity contribution < 1.29 is 0 Å². The van der Waals surface area contributed by atoms with Crippen molar-refractivity contribution >= 4 is 17.1 Å². The van der Waals surface area contributed by atoms with Gasteiger partial charge in [-0.05, 0) is 23.8 Å². The Morgan fingerprint density at radius 1 is 1.22 bits per heavy atom. The van der Waals surface area contributed by atoms with Gasteiger partial charge in [-0.25, -0.2) is 4.98 Å². The molecule has 18 heavy (non-hydrogen) atoms. The second-order valence-corrected chi connectivity index (χ2v) is 4.56. The van der Waals surface area contributed by atoms with E-state index in [1.165, 1.54) is 0 Å². The standard InChI is InChI=1S/C14H12ClN3/c15-12-3-1-2-11(6-12)14-17-8-13-5-4-10(7-16)9-18(13)14/h1-6,8-9H,7,16H2. The van der Waals surface area contributed by atoms with E-state index in [4.69, 9.17) is 17.3 Å². The highest BCUT2D eigenvalue weighted by molar-refractivity contribution is 6.30. The van der Waals surface area contributed by atoms with Crippen LogP contribution in [0.4, 0.5) is 0 Å². The lowest BCUT2D eigenvalue weighted by molar-refractivity contribution is 1.03. The van der Waals surface area contributed by atoms with Gasteiger partial charge in [-0.15, -0.1) is 0 Å². The molecule has 90 valence electrons. The molecule has 2 N–H and O–H groups in total. The van der Waals surface area contributed by atoms with E-state index in [1.54, 1.807) is 0 Å². The molecule has 3 nitrogen and oxygen atoms in total. The maximum atomic E-state index is 6.01. The topological polar surface area (TPSA) is 43.3 Å². The van der Waals surface area contributed by atoms with Crippen molar-refractivity contribution in [1.82, 2.24) is 9.38 Å². The average Bonchev–Trinajstić information content (AvgIpc) is 2.81. The van der Waals surface area contributed by atoms with Crippen molar-refractivity contribution in [3.63, 3.8) is 0 Å². The van der Waals surface area contributed by atoms with Crippen LogP contribution in [0.5, 0.6) is 0 Å². The number of hydrogen-bond donors (Lipinski definition) is 1. The first-order chi connectivity index (χ1) is 8.78. The van der Waals surface area contributed by atoms with Crippen molar-refractivity contribution in [2.24, 2.45) is 5.73 Å². The summed E-state index contributed by atoms with van der Waals surface area (Å²) in [6, 6.07) is 11.7. The molecule has 2 heterocycles. The third kappa shape index (κ3) is 1.88. The SMILES string of the molecule is NCc1ccc2cnc(-c3cccc(Cl)c3)n2c1. The molecule has 0 amide bonds. The highest BCUT2D eigenvalue weighted by Gasteiger charge is 2.06. The third-order valence-corrected chi connectivity index (χ3v) is 3.14. The van der Waals surface area contributed by atoms with Gasteiger partial charge in [-0.2, -0.15) is 0 Å². The minimum Gasteiger partial charge on any atom is -0.326 e. The Hall–Kier alpha value is -1.84. The summed E-state index contributed by atoms with van der Waals surface area (Å²) in [5.74, 6) is 0.878. The molecule has 0 bridgehead atoms. The molecule has 2 aromatic heterocycles. The second kappa shape index (κ2) is 4.44. The van der Waals surface area contributed by atoms with Crippen LogP contribution < -0.4 is 5.73 Å². The maximum absolute atomic E-state index is 6.01. The van der Waals surface area contributed by atoms with Gasteiger partial charge in [-0.1, -0.05) is 29.8 Å². The number of nitrogens with zero attached hydrogens (tertiary/aromatic N) is 2. The van der Waals surface area contributed by atoms with Gasteiger partial charge in [0.05, 0.1) is 11.7 Å². The molecule has 0 atom stereocenters. The summed E-state index contributed by atoms with van der Waals surface area (Å²) in [6.45, 7) is 0.517. The van der Waals surface area contributed by atoms with Crippen molar-refractivity contribution in [3.05, 3.63) is 59.4 Å². The lowest BCUT2D eigenvalue weighted by atomic mass is 10.2. The first-order valence-electron chi connectivity index (χ1n) is 5.70. The molecular weight excluding hydrogens is 246 g/mol. The van der Waals surface area contributed by atoms with E-state index in [9.17, 15) is 0 Å². The molecule has 0 radical (unpaired) electrons. The van der Waals surface area contributed by atoms with E-state index >= 15 is 0 Å². The minimum atomic E-state index is 0.517. The van der Waals surface area contributed by atoms with Crippen LogP contribution in [0.25, 0.3) is 16.9 Å². The number of pyridine rings is 1. The van der Waals surface area contributed by atoms with Crippen LogP contribution in [0.3, 0.4) is 0 Å². The Morgan fingerprint density at radius 3 is 2.89 bits per heavy atom. The maximum Gasteiger partial charge on any atom is 0.144 e. The fourth-order valence-corrected chi connectivity index (χ4v) is 2.19. The van der Waals surface area contributed by atoms with Crippen molar-refractivity contribution in [3.8, 4) is 11.4 Å². The van der Waals surface area contributed by atoms with Gasteiger partial charge in [0.1, 0.15) is 5.82 Å². The van der Waals surface area contributed by atoms with Crippen LogP contribution in [-0.4, -0.2) is 9.38 Å². The lowest BCUT2D eigenvalue weighted by Gasteiger charge is -2.04. The van der Waals surface area contributed by atoms with E-state index in [0.717, 1.165) is 22.5 Å². The number of imidazole rings is 1. The Morgan fingerprint density at radius 2 is 2.11 bits per heavy atom. The predicted octanol–water partition coefficient (Wildman–Crippen LogP) is 3.11. The molecule has 1 aromatic carbocycles. The zero-order chi connectivity index (χ0) is 12.5. The summed E-state index contributed by atoms with van der Waals surface area (Å²) in [7, 11) is 0. The molecule has 0 fully saturated rings. The van der Waals surface area contributed by atoms with E-state index < -0.39 is 0 Å². The van der Waals surface area contributed by atoms with E-state index in [2.05, 4.69) is 4.98 Å². The first-order valence-corrected chi connectivity index (χ1v) is 6.08. The third-order valence-electron chi connectivity index (χ3n) is 2.91. The summed E-state index contributed by atoms with van der Waals surface area (Å²) >= 11 is 6.01. The summed E-state index contributed by atoms with van der Waals surface area (Å²) in [6.07, 6.45) is 3.86. The van der Waals surface area contributed by atoms with E-state index in [0.29, 0.717) is 11.6 Å². The number of aromatic nitrogens is 2. The van der Waals surface area contributed by atoms with Crippen LogP contribution in [-0.2, 0) is 6.54 Å². The lowest BCUT2D eigenvalue weighted by Crippen LogP contribution is -1.99. The van der Waals surface area contributed by atoms with Gasteiger partial charge in [0.2, 0.25) is 0 Å². The molecule has 0 aliphatic rings. The average molecular weight is 258 g/mol. The van der Waals surface area contributed by atoms with Crippen molar-refractivity contribution in [2.45, 2.75) is 6.54 Å². The number of rotatable bonds is 2. The monoisotopic (exact) mass is 257 g/mol. The molecule has 0 unspecified atom stereocenters. The molecule has 4 heteroatoms. The summed E-state index contributed by atoms with van der Waals surface area (Å²) in [5, 5.41) is 0.708. The first kappa shape index (κ1) is 11.3. The largest absolute Gasteiger partial charge is 0.326 e. The van der Waals surface area contributed by atoms with Crippen LogP contribution >= 0.6 is 11.6 Å². The van der Waals surface area contributed by atoms with E-state index in [-0.39, 0.29) is 0 Å². The molecule has 0 spiro atoms. The zero-order valence-corrected chi connectivity index (χ0v) is 10.4. The predicted molar refractivity (Wildman–Crippen MR) is 73.5 cm³/mol. The Balaban J connectivity index is 2.22. The number of halogens is 1. The fraction of sp³-hybridized carbons (Fsp3) is 0.0714. The highest BCUT2D eigenvalue weighted by Crippen LogP contribution is 2.23. The Bertz CT molecular complexity index is 703. The van der Waals surface area contributed by atoms with E-state index in [1.807, 2.05) is 53.2 Å². The normalized spacial score (nSPS) is 11.0. The van der Waals surface area contributed by atoms with Crippen LogP contribution in [0.1, 0.15) is 5.56 Å². The number of nitrogens with two attached hydrogens (primary N) is 1. The van der Waals surface area contributed by atoms with Crippen LogP contribution in [0.2, 0.25) is 5.02 Å². The molecule has 3 aromatic rings. The zero-order valence-electron chi connectivity index (χ0n) is 9.68. The second-order valence-electron chi connectivity index (χ2n) is 4.13. The van der Waals surface area contributed by atoms with Crippen molar-refractivity contribution in [1.29, 1.82) is 0 Å². The quantitative estimate of drug-likeness (QED) is 0.767. The Kier molecular flexibility index (Phi) is 2.78. The summed E-state index contributed by atoms with van der Waals surface area (Å²) in [4.78, 5) is 4.45. The smallest absolute Gasteiger partial charge is 0.144 e. The van der Waals surface area contributed by atoms with Gasteiger partial charge in [0.15, 0.2) is 0 Å². The van der Waals surface area contributed by atoms with Crippen LogP contribution in [0, 0.1) is 0 Å². The van der Waals surface area contributed by atoms with Crippen molar-refractivity contribution in [2.75, 3.05) is 0 Å². The van der Waals surface area contributed by atoms with Gasteiger partial charge >= 0.3 is 0 Å². The molecule has 0 saturated carbocycles. The molecule has 3 rings (SSSR count). The summed E-state index contributed by atoms with van der Waals surface area (Å²) in [5.41, 5.74) is 8.78. The van der Waals surface area contributed by atoms with Crippen LogP contribution in [0.15, 0.2) is 48.8 Å². The van der Waals surface area contributed by atoms with Gasteiger partial charge in [-0.3, -0.25) is 4.40 Å². The van der Waals surface area contributed by atoms with Gasteiger partial charge in [0, 0.05) is 23.3 Å². The molecule has 0 aliphatic carbocycles. The fourth-order valence-electron chi connectivity index (χ4n) is 2.00. The molecular formula is C14H12ClN3.